The zero-order valence-corrected chi connectivity index (χ0v) is 24.4. The van der Waals surface area contributed by atoms with Gasteiger partial charge >= 0.3 is 0 Å². The molecule has 2 aromatic rings. The van der Waals surface area contributed by atoms with Gasteiger partial charge in [0, 0.05) is 24.6 Å². The van der Waals surface area contributed by atoms with E-state index in [4.69, 9.17) is 9.47 Å². The molecular weight excluding hydrogens is 508 g/mol. The largest absolute Gasteiger partial charge is 0.497 e. The second-order valence-corrected chi connectivity index (χ2v) is 16.3. The molecule has 0 unspecified atom stereocenters. The van der Waals surface area contributed by atoms with Crippen LogP contribution >= 0.6 is 0 Å². The van der Waals surface area contributed by atoms with Crippen molar-refractivity contribution in [3.63, 3.8) is 0 Å². The van der Waals surface area contributed by atoms with Crippen LogP contribution in [0.4, 0.5) is 5.69 Å². The maximum absolute atomic E-state index is 14.3. The normalized spacial score (nSPS) is 28.3. The van der Waals surface area contributed by atoms with Crippen LogP contribution in [0.5, 0.6) is 5.75 Å². The minimum Gasteiger partial charge on any atom is -0.497 e. The van der Waals surface area contributed by atoms with Crippen LogP contribution in [-0.2, 0) is 19.9 Å². The van der Waals surface area contributed by atoms with Crippen LogP contribution in [0.3, 0.4) is 0 Å². The molecule has 5 atom stereocenters. The molecule has 1 N–H and O–H groups in total. The summed E-state index contributed by atoms with van der Waals surface area (Å²) in [7, 11) is -0.658. The number of likely N-dealkylation sites (tertiary alicyclic amines) is 1. The van der Waals surface area contributed by atoms with E-state index in [0.29, 0.717) is 13.1 Å². The second-order valence-electron chi connectivity index (χ2n) is 11.6. The molecule has 2 saturated heterocycles. The van der Waals surface area contributed by atoms with E-state index in [2.05, 4.69) is 38.7 Å². The first-order valence-electron chi connectivity index (χ1n) is 14.0. The second kappa shape index (κ2) is 10.6. The molecule has 39 heavy (non-hydrogen) atoms. The number of amides is 2. The van der Waals surface area contributed by atoms with Crippen LogP contribution < -0.4 is 14.8 Å². The third-order valence-electron chi connectivity index (χ3n) is 9.34. The predicted octanol–water partition coefficient (Wildman–Crippen LogP) is 3.82. The van der Waals surface area contributed by atoms with Gasteiger partial charge in [-0.25, -0.2) is 0 Å². The predicted molar refractivity (Wildman–Crippen MR) is 155 cm³/mol. The Labute approximate surface area is 232 Å². The third kappa shape index (κ3) is 4.33. The Morgan fingerprint density at radius 1 is 1.23 bits per heavy atom. The number of para-hydroxylation sites is 1. The summed E-state index contributed by atoms with van der Waals surface area (Å²) in [4.78, 5) is 31.6. The van der Waals surface area contributed by atoms with Gasteiger partial charge in [-0.05, 0) is 36.6 Å². The molecule has 2 fully saturated rings. The lowest BCUT2D eigenvalue weighted by atomic mass is 9.82. The molecule has 7 nitrogen and oxygen atoms in total. The zero-order valence-electron chi connectivity index (χ0n) is 23.4. The number of ether oxygens (including phenoxy) is 2. The summed E-state index contributed by atoms with van der Waals surface area (Å²) in [5.41, 5.74) is 0.556. The van der Waals surface area contributed by atoms with E-state index in [0.717, 1.165) is 29.8 Å². The summed E-state index contributed by atoms with van der Waals surface area (Å²) < 4.78 is 12.4. The highest BCUT2D eigenvalue weighted by Crippen LogP contribution is 2.59. The van der Waals surface area contributed by atoms with Crippen molar-refractivity contribution in [2.24, 2.45) is 5.92 Å². The standard InChI is InChI=1S/C31H40N2O5Si/c1-6-17-33-26-12-8-7-11-25(26)31(30(33)36)21(2)29(39(4,5)24-15-13-23(37-3)14-16-24)27(38-31)19-28(35)32-18-9-10-22(32)20-34/h6-8,11-16,21-22,27,29,34H,1,9-10,17-20H2,2-5H3/t21-,22-,27+,29-,31+/m0/s1. The Morgan fingerprint density at radius 2 is 1.95 bits per heavy atom. The van der Waals surface area contributed by atoms with Crippen molar-refractivity contribution in [2.75, 3.05) is 31.7 Å². The number of aliphatic hydroxyl groups is 1. The van der Waals surface area contributed by atoms with Crippen molar-refractivity contribution in [1.29, 1.82) is 0 Å². The smallest absolute Gasteiger partial charge is 0.264 e. The number of nitrogens with zero attached hydrogens (tertiary/aromatic N) is 2. The van der Waals surface area contributed by atoms with Gasteiger partial charge in [-0.1, -0.05) is 61.6 Å². The van der Waals surface area contributed by atoms with Gasteiger partial charge in [0.25, 0.3) is 5.91 Å². The third-order valence-corrected chi connectivity index (χ3v) is 13.7. The van der Waals surface area contributed by atoms with Gasteiger partial charge in [-0.3, -0.25) is 9.59 Å². The molecule has 0 aliphatic carbocycles. The van der Waals surface area contributed by atoms with E-state index >= 15 is 0 Å². The monoisotopic (exact) mass is 548 g/mol. The van der Waals surface area contributed by atoms with Crippen LogP contribution in [-0.4, -0.2) is 68.8 Å². The first kappa shape index (κ1) is 27.6. The van der Waals surface area contributed by atoms with Gasteiger partial charge in [0.05, 0.1) is 46.0 Å². The summed E-state index contributed by atoms with van der Waals surface area (Å²) in [6.45, 7) is 11.7. The van der Waals surface area contributed by atoms with Crippen molar-refractivity contribution in [1.82, 2.24) is 4.90 Å². The highest BCUT2D eigenvalue weighted by molar-refractivity contribution is 6.91. The topological polar surface area (TPSA) is 79.3 Å². The van der Waals surface area contributed by atoms with Crippen molar-refractivity contribution in [2.45, 2.75) is 62.6 Å². The summed E-state index contributed by atoms with van der Waals surface area (Å²) in [6.07, 6.45) is 3.20. The molecule has 3 aliphatic heterocycles. The van der Waals surface area contributed by atoms with Crippen LogP contribution in [0, 0.1) is 5.92 Å². The number of fused-ring (bicyclic) bond motifs is 2. The Bertz CT molecular complexity index is 1250. The number of benzene rings is 2. The van der Waals surface area contributed by atoms with E-state index in [1.54, 1.807) is 18.1 Å². The van der Waals surface area contributed by atoms with Crippen molar-refractivity contribution < 1.29 is 24.2 Å². The SMILES string of the molecule is C=CCN1C(=O)[C@]2(O[C@H](CC(=O)N3CCC[C@H]3CO)[C@@H]([Si](C)(C)c3ccc(OC)cc3)[C@@H]2C)c2ccccc21. The summed E-state index contributed by atoms with van der Waals surface area (Å²) in [5.74, 6) is 0.554. The van der Waals surface area contributed by atoms with Crippen molar-refractivity contribution in [3.05, 3.63) is 66.7 Å². The zero-order chi connectivity index (χ0) is 27.9. The number of carbonyl (C=O) groups excluding carboxylic acids is 2. The molecule has 3 aliphatic rings. The quantitative estimate of drug-likeness (QED) is 0.401. The van der Waals surface area contributed by atoms with Crippen LogP contribution in [0.1, 0.15) is 31.7 Å². The summed E-state index contributed by atoms with van der Waals surface area (Å²) >= 11 is 0. The number of aliphatic hydroxyl groups excluding tert-OH is 1. The molecule has 1 spiro atoms. The highest BCUT2D eigenvalue weighted by atomic mass is 28.3. The summed E-state index contributed by atoms with van der Waals surface area (Å²) in [6, 6.07) is 15.9. The van der Waals surface area contributed by atoms with E-state index in [1.165, 1.54) is 5.19 Å². The molecule has 5 rings (SSSR count). The molecule has 208 valence electrons. The number of anilines is 1. The Kier molecular flexibility index (Phi) is 7.48. The highest BCUT2D eigenvalue weighted by Gasteiger charge is 2.66. The van der Waals surface area contributed by atoms with E-state index < -0.39 is 19.8 Å². The summed E-state index contributed by atoms with van der Waals surface area (Å²) in [5, 5.41) is 11.1. The fourth-order valence-electron chi connectivity index (χ4n) is 7.42. The molecule has 2 amide bonds. The maximum atomic E-state index is 14.3. The minimum absolute atomic E-state index is 0.00740. The van der Waals surface area contributed by atoms with Crippen LogP contribution in [0.15, 0.2) is 61.2 Å². The fourth-order valence-corrected chi connectivity index (χ4v) is 11.4. The lowest BCUT2D eigenvalue weighted by molar-refractivity contribution is -0.149. The Hall–Kier alpha value is -2.94. The number of methoxy groups -OCH3 is 1. The van der Waals surface area contributed by atoms with Gasteiger partial charge in [0.15, 0.2) is 5.60 Å². The maximum Gasteiger partial charge on any atom is 0.264 e. The molecule has 3 heterocycles. The number of hydrogen-bond acceptors (Lipinski definition) is 5. The molecule has 8 heteroatoms. The van der Waals surface area contributed by atoms with Crippen LogP contribution in [0.2, 0.25) is 18.6 Å². The molecule has 0 saturated carbocycles. The van der Waals surface area contributed by atoms with E-state index in [9.17, 15) is 14.7 Å². The number of carbonyl (C=O) groups is 2. The fraction of sp³-hybridized carbons (Fsp3) is 0.484. The molecule has 0 aromatic heterocycles. The van der Waals surface area contributed by atoms with Gasteiger partial charge < -0.3 is 24.4 Å². The molecule has 0 bridgehead atoms. The lowest BCUT2D eigenvalue weighted by Gasteiger charge is -2.37. The minimum atomic E-state index is -2.32. The van der Waals surface area contributed by atoms with Gasteiger partial charge in [-0.2, -0.15) is 0 Å². The van der Waals surface area contributed by atoms with Gasteiger partial charge in [0.1, 0.15) is 5.75 Å². The van der Waals surface area contributed by atoms with Crippen molar-refractivity contribution in [3.8, 4) is 5.75 Å². The van der Waals surface area contributed by atoms with Crippen molar-refractivity contribution >= 4 is 30.8 Å². The van der Waals surface area contributed by atoms with Gasteiger partial charge in [0.2, 0.25) is 5.91 Å². The van der Waals surface area contributed by atoms with Gasteiger partial charge in [-0.15, -0.1) is 6.58 Å². The Balaban J connectivity index is 1.59. The Morgan fingerprint density at radius 3 is 2.62 bits per heavy atom. The lowest BCUT2D eigenvalue weighted by Crippen LogP contribution is -2.52. The number of rotatable bonds is 8. The van der Waals surface area contributed by atoms with Crippen LogP contribution in [0.25, 0.3) is 0 Å². The average molecular weight is 549 g/mol. The number of hydrogen-bond donors (Lipinski definition) is 1. The first-order valence-corrected chi connectivity index (χ1v) is 17.0. The first-order chi connectivity index (χ1) is 18.7. The average Bonchev–Trinajstić information content (AvgIpc) is 3.60. The molecule has 0 radical (unpaired) electrons. The van der Waals surface area contributed by atoms with E-state index in [-0.39, 0.29) is 42.3 Å². The molecule has 2 aromatic carbocycles. The molecular formula is C31H40N2O5Si. The van der Waals surface area contributed by atoms with E-state index in [1.807, 2.05) is 41.3 Å².